The van der Waals surface area contributed by atoms with Crippen LogP contribution in [0.15, 0.2) is 6.33 Å². The first-order valence-corrected chi connectivity index (χ1v) is 7.60. The Morgan fingerprint density at radius 2 is 2.20 bits per heavy atom. The number of hydrogen-bond donors (Lipinski definition) is 1. The van der Waals surface area contributed by atoms with Gasteiger partial charge in [-0.05, 0) is 31.8 Å². The molecule has 2 heterocycles. The number of rotatable bonds is 5. The number of likely N-dealkylation sites (tertiary alicyclic amines) is 1. The van der Waals surface area contributed by atoms with Crippen LogP contribution in [0.1, 0.15) is 45.1 Å². The fraction of sp³-hybridized carbons (Fsp3) is 0.733. The van der Waals surface area contributed by atoms with Gasteiger partial charge in [0.15, 0.2) is 0 Å². The summed E-state index contributed by atoms with van der Waals surface area (Å²) in [6.45, 7) is 9.87. The third-order valence-corrected chi connectivity index (χ3v) is 4.22. The molecule has 5 heteroatoms. The summed E-state index contributed by atoms with van der Waals surface area (Å²) in [4.78, 5) is 13.4. The summed E-state index contributed by atoms with van der Waals surface area (Å²) < 4.78 is 0. The molecule has 0 bridgehead atoms. The molecule has 2 N–H and O–H groups in total. The number of nitrogens with zero attached hydrogens (tertiary/aromatic N) is 4. The Morgan fingerprint density at radius 1 is 1.45 bits per heavy atom. The highest BCUT2D eigenvalue weighted by Crippen LogP contribution is 2.29. The van der Waals surface area contributed by atoms with Crippen molar-refractivity contribution in [3.8, 4) is 0 Å². The van der Waals surface area contributed by atoms with E-state index in [1.807, 2.05) is 0 Å². The van der Waals surface area contributed by atoms with Crippen molar-refractivity contribution in [3.05, 3.63) is 11.9 Å². The van der Waals surface area contributed by atoms with Crippen molar-refractivity contribution in [1.82, 2.24) is 14.9 Å². The number of hydrogen-bond acceptors (Lipinski definition) is 5. The van der Waals surface area contributed by atoms with Crippen molar-refractivity contribution in [3.63, 3.8) is 0 Å². The molecular formula is C15H27N5. The Balaban J connectivity index is 2.17. The van der Waals surface area contributed by atoms with Crippen LogP contribution in [-0.4, -0.2) is 47.6 Å². The van der Waals surface area contributed by atoms with Crippen LogP contribution in [0.3, 0.4) is 0 Å². The predicted octanol–water partition coefficient (Wildman–Crippen LogP) is 2.10. The molecule has 5 nitrogen and oxygen atoms in total. The maximum atomic E-state index is 6.03. The molecule has 1 aliphatic rings. The van der Waals surface area contributed by atoms with Crippen molar-refractivity contribution in [1.29, 1.82) is 0 Å². The maximum absolute atomic E-state index is 6.03. The molecule has 1 aromatic heterocycles. The molecule has 0 radical (unpaired) electrons. The van der Waals surface area contributed by atoms with Gasteiger partial charge in [0.05, 0.1) is 0 Å². The van der Waals surface area contributed by atoms with E-state index in [0.29, 0.717) is 17.8 Å². The molecule has 0 aliphatic carbocycles. The fourth-order valence-corrected chi connectivity index (χ4v) is 3.18. The molecule has 0 saturated carbocycles. The van der Waals surface area contributed by atoms with Crippen molar-refractivity contribution in [2.24, 2.45) is 0 Å². The summed E-state index contributed by atoms with van der Waals surface area (Å²) in [7, 11) is 2.11. The molecule has 0 spiro atoms. The standard InChI is InChI=1S/C15H27N5/c1-5-20-8-6-7-12(20)9-19(4)15-13(11(2)3)14(16)17-10-18-15/h10-12H,5-9H2,1-4H3,(H2,16,17,18). The van der Waals surface area contributed by atoms with Crippen molar-refractivity contribution in [2.75, 3.05) is 37.3 Å². The maximum Gasteiger partial charge on any atom is 0.137 e. The molecule has 1 aliphatic heterocycles. The second kappa shape index (κ2) is 6.39. The minimum absolute atomic E-state index is 0.333. The summed E-state index contributed by atoms with van der Waals surface area (Å²) in [6, 6.07) is 0.626. The normalized spacial score (nSPS) is 19.8. The van der Waals surface area contributed by atoms with Gasteiger partial charge in [0.1, 0.15) is 18.0 Å². The summed E-state index contributed by atoms with van der Waals surface area (Å²) in [5, 5.41) is 0. The summed E-state index contributed by atoms with van der Waals surface area (Å²) in [5.41, 5.74) is 7.10. The van der Waals surface area contributed by atoms with Crippen LogP contribution in [0.25, 0.3) is 0 Å². The lowest BCUT2D eigenvalue weighted by Gasteiger charge is -2.30. The van der Waals surface area contributed by atoms with E-state index in [1.165, 1.54) is 19.4 Å². The Labute approximate surface area is 122 Å². The van der Waals surface area contributed by atoms with E-state index in [0.717, 1.165) is 24.5 Å². The highest BCUT2D eigenvalue weighted by molar-refractivity contribution is 5.57. The second-order valence-corrected chi connectivity index (χ2v) is 5.96. The number of anilines is 2. The Hall–Kier alpha value is -1.36. The first-order valence-electron chi connectivity index (χ1n) is 7.60. The van der Waals surface area contributed by atoms with Crippen LogP contribution in [0.2, 0.25) is 0 Å². The fourth-order valence-electron chi connectivity index (χ4n) is 3.18. The van der Waals surface area contributed by atoms with Gasteiger partial charge in [-0.2, -0.15) is 0 Å². The van der Waals surface area contributed by atoms with Crippen LogP contribution in [0, 0.1) is 0 Å². The Kier molecular flexibility index (Phi) is 4.81. The van der Waals surface area contributed by atoms with Crippen LogP contribution >= 0.6 is 0 Å². The summed E-state index contributed by atoms with van der Waals surface area (Å²) in [6.07, 6.45) is 4.14. The average molecular weight is 277 g/mol. The number of likely N-dealkylation sites (N-methyl/N-ethyl adjacent to an activating group) is 2. The topological polar surface area (TPSA) is 58.3 Å². The van der Waals surface area contributed by atoms with E-state index in [-0.39, 0.29) is 0 Å². The van der Waals surface area contributed by atoms with E-state index in [2.05, 4.69) is 47.6 Å². The molecule has 0 amide bonds. The summed E-state index contributed by atoms with van der Waals surface area (Å²) in [5.74, 6) is 1.92. The van der Waals surface area contributed by atoms with Crippen LogP contribution < -0.4 is 10.6 Å². The van der Waals surface area contributed by atoms with E-state index in [4.69, 9.17) is 5.73 Å². The smallest absolute Gasteiger partial charge is 0.137 e. The molecule has 1 aromatic rings. The molecule has 1 saturated heterocycles. The minimum atomic E-state index is 0.333. The third kappa shape index (κ3) is 3.03. The van der Waals surface area contributed by atoms with Gasteiger partial charge in [-0.1, -0.05) is 20.8 Å². The highest BCUT2D eigenvalue weighted by atomic mass is 15.2. The van der Waals surface area contributed by atoms with Gasteiger partial charge in [-0.15, -0.1) is 0 Å². The quantitative estimate of drug-likeness (QED) is 0.893. The minimum Gasteiger partial charge on any atom is -0.383 e. The number of aromatic nitrogens is 2. The lowest BCUT2D eigenvalue weighted by atomic mass is 10.0. The van der Waals surface area contributed by atoms with Crippen LogP contribution in [0.5, 0.6) is 0 Å². The summed E-state index contributed by atoms with van der Waals surface area (Å²) >= 11 is 0. The molecule has 1 atom stereocenters. The lowest BCUT2D eigenvalue weighted by molar-refractivity contribution is 0.270. The van der Waals surface area contributed by atoms with Gasteiger partial charge in [0.25, 0.3) is 0 Å². The van der Waals surface area contributed by atoms with Crippen molar-refractivity contribution >= 4 is 11.6 Å². The van der Waals surface area contributed by atoms with Gasteiger partial charge in [0.2, 0.25) is 0 Å². The van der Waals surface area contributed by atoms with Gasteiger partial charge < -0.3 is 10.6 Å². The third-order valence-electron chi connectivity index (χ3n) is 4.22. The number of nitrogen functional groups attached to an aromatic ring is 1. The van der Waals surface area contributed by atoms with Gasteiger partial charge >= 0.3 is 0 Å². The van der Waals surface area contributed by atoms with E-state index in [9.17, 15) is 0 Å². The van der Waals surface area contributed by atoms with Gasteiger partial charge in [-0.25, -0.2) is 9.97 Å². The largest absolute Gasteiger partial charge is 0.383 e. The second-order valence-electron chi connectivity index (χ2n) is 5.96. The molecular weight excluding hydrogens is 250 g/mol. The molecule has 1 fully saturated rings. The SMILES string of the molecule is CCN1CCCC1CN(C)c1ncnc(N)c1C(C)C. The molecule has 112 valence electrons. The highest BCUT2D eigenvalue weighted by Gasteiger charge is 2.26. The zero-order chi connectivity index (χ0) is 14.7. The van der Waals surface area contributed by atoms with E-state index >= 15 is 0 Å². The molecule has 20 heavy (non-hydrogen) atoms. The predicted molar refractivity (Wildman–Crippen MR) is 84.1 cm³/mol. The first kappa shape index (κ1) is 15.0. The Bertz CT molecular complexity index is 446. The van der Waals surface area contributed by atoms with E-state index in [1.54, 1.807) is 6.33 Å². The van der Waals surface area contributed by atoms with Crippen molar-refractivity contribution < 1.29 is 0 Å². The van der Waals surface area contributed by atoms with Gasteiger partial charge in [-0.3, -0.25) is 4.90 Å². The lowest BCUT2D eigenvalue weighted by Crippen LogP contribution is -2.39. The number of nitrogens with two attached hydrogens (primary N) is 1. The first-order chi connectivity index (χ1) is 9.54. The zero-order valence-corrected chi connectivity index (χ0v) is 13.1. The van der Waals surface area contributed by atoms with Gasteiger partial charge in [0, 0.05) is 25.2 Å². The Morgan fingerprint density at radius 3 is 2.85 bits per heavy atom. The molecule has 1 unspecified atom stereocenters. The monoisotopic (exact) mass is 277 g/mol. The molecule has 2 rings (SSSR count). The molecule has 0 aromatic carbocycles. The zero-order valence-electron chi connectivity index (χ0n) is 13.1. The van der Waals surface area contributed by atoms with Crippen LogP contribution in [0.4, 0.5) is 11.6 Å². The van der Waals surface area contributed by atoms with Crippen molar-refractivity contribution in [2.45, 2.75) is 45.6 Å². The van der Waals surface area contributed by atoms with E-state index < -0.39 is 0 Å². The van der Waals surface area contributed by atoms with Crippen LogP contribution in [-0.2, 0) is 0 Å². The average Bonchev–Trinajstić information content (AvgIpc) is 2.85.